The minimum atomic E-state index is -0.385. The highest BCUT2D eigenvalue weighted by Gasteiger charge is 2.15. The van der Waals surface area contributed by atoms with Crippen LogP contribution in [0.25, 0.3) is 5.69 Å². The van der Waals surface area contributed by atoms with Gasteiger partial charge in [0.05, 0.1) is 17.6 Å². The number of nitrogens with one attached hydrogen (secondary N) is 1. The Balaban J connectivity index is 1.85. The van der Waals surface area contributed by atoms with E-state index >= 15 is 0 Å². The normalized spacial score (nSPS) is 10.5. The Hall–Kier alpha value is -2.73. The number of hydrogen-bond donors (Lipinski definition) is 1. The fraction of sp³-hybridized carbons (Fsp3) is 0.0667. The van der Waals surface area contributed by atoms with E-state index in [1.165, 1.54) is 0 Å². The van der Waals surface area contributed by atoms with Crippen molar-refractivity contribution >= 4 is 23.2 Å². The molecule has 3 rings (SSSR count). The third-order valence-corrected chi connectivity index (χ3v) is 3.21. The molecule has 7 heteroatoms. The maximum Gasteiger partial charge on any atom is 0.295 e. The molecule has 3 aromatic rings. The van der Waals surface area contributed by atoms with E-state index in [4.69, 9.17) is 11.6 Å². The smallest absolute Gasteiger partial charge is 0.295 e. The summed E-state index contributed by atoms with van der Waals surface area (Å²) in [5.41, 5.74) is 1.38. The van der Waals surface area contributed by atoms with Crippen LogP contribution in [0.3, 0.4) is 0 Å². The highest BCUT2D eigenvalue weighted by Crippen LogP contribution is 2.14. The number of amides is 1. The van der Waals surface area contributed by atoms with Crippen molar-refractivity contribution in [3.8, 4) is 5.69 Å². The van der Waals surface area contributed by atoms with Gasteiger partial charge in [-0.3, -0.25) is 9.78 Å². The van der Waals surface area contributed by atoms with Crippen LogP contribution >= 0.6 is 11.6 Å². The van der Waals surface area contributed by atoms with Gasteiger partial charge in [0.2, 0.25) is 5.82 Å². The number of hydrogen-bond acceptors (Lipinski definition) is 4. The summed E-state index contributed by atoms with van der Waals surface area (Å²) in [4.78, 5) is 20.3. The van der Waals surface area contributed by atoms with Gasteiger partial charge in [-0.1, -0.05) is 11.6 Å². The fourth-order valence-corrected chi connectivity index (χ4v) is 2.06. The van der Waals surface area contributed by atoms with Crippen LogP contribution in [-0.4, -0.2) is 25.7 Å². The predicted molar refractivity (Wildman–Crippen MR) is 83.3 cm³/mol. The number of halogens is 1. The summed E-state index contributed by atoms with van der Waals surface area (Å²) >= 11 is 5.87. The lowest BCUT2D eigenvalue weighted by atomic mass is 10.3. The molecule has 110 valence electrons. The molecule has 0 bridgehead atoms. The molecule has 0 aliphatic rings. The van der Waals surface area contributed by atoms with Crippen molar-refractivity contribution < 1.29 is 4.79 Å². The molecule has 0 fully saturated rings. The second-order valence-corrected chi connectivity index (χ2v) is 5.00. The average molecular weight is 314 g/mol. The standard InChI is InChI=1S/C15H12ClN5O/c1-10-18-14(15(22)19-12-3-2-8-17-9-12)20-21(10)13-6-4-11(16)5-7-13/h2-9H,1H3,(H,19,22). The largest absolute Gasteiger partial charge is 0.318 e. The van der Waals surface area contributed by atoms with Crippen molar-refractivity contribution in [3.05, 3.63) is 65.5 Å². The van der Waals surface area contributed by atoms with E-state index in [9.17, 15) is 4.79 Å². The van der Waals surface area contributed by atoms with E-state index in [1.54, 1.807) is 48.3 Å². The van der Waals surface area contributed by atoms with Gasteiger partial charge >= 0.3 is 0 Å². The monoisotopic (exact) mass is 313 g/mol. The highest BCUT2D eigenvalue weighted by molar-refractivity contribution is 6.30. The molecular formula is C15H12ClN5O. The van der Waals surface area contributed by atoms with E-state index in [-0.39, 0.29) is 11.7 Å². The van der Waals surface area contributed by atoms with Gasteiger partial charge < -0.3 is 5.32 Å². The summed E-state index contributed by atoms with van der Waals surface area (Å²) in [7, 11) is 0. The Morgan fingerprint density at radius 1 is 1.23 bits per heavy atom. The number of nitrogens with zero attached hydrogens (tertiary/aromatic N) is 4. The van der Waals surface area contributed by atoms with Crippen molar-refractivity contribution in [2.45, 2.75) is 6.92 Å². The second kappa shape index (κ2) is 5.95. The molecule has 0 atom stereocenters. The van der Waals surface area contributed by atoms with Gasteiger partial charge in [-0.05, 0) is 43.3 Å². The number of rotatable bonds is 3. The SMILES string of the molecule is Cc1nc(C(=O)Nc2cccnc2)nn1-c1ccc(Cl)cc1. The molecule has 0 aliphatic heterocycles. The number of carbonyl (C=O) groups is 1. The van der Waals surface area contributed by atoms with E-state index < -0.39 is 0 Å². The molecule has 1 amide bonds. The zero-order valence-corrected chi connectivity index (χ0v) is 12.4. The first-order valence-electron chi connectivity index (χ1n) is 6.54. The van der Waals surface area contributed by atoms with E-state index in [0.717, 1.165) is 5.69 Å². The van der Waals surface area contributed by atoms with Crippen molar-refractivity contribution in [1.82, 2.24) is 19.7 Å². The molecule has 2 aromatic heterocycles. The van der Waals surface area contributed by atoms with Crippen molar-refractivity contribution in [2.24, 2.45) is 0 Å². The molecule has 22 heavy (non-hydrogen) atoms. The second-order valence-electron chi connectivity index (χ2n) is 4.57. The molecule has 0 unspecified atom stereocenters. The summed E-state index contributed by atoms with van der Waals surface area (Å²) < 4.78 is 1.59. The van der Waals surface area contributed by atoms with Gasteiger partial charge in [0, 0.05) is 11.2 Å². The lowest BCUT2D eigenvalue weighted by Crippen LogP contribution is -2.14. The Kier molecular flexibility index (Phi) is 3.84. The Labute approximate surface area is 131 Å². The zero-order chi connectivity index (χ0) is 15.5. The van der Waals surface area contributed by atoms with Gasteiger partial charge in [0.15, 0.2) is 0 Å². The molecule has 2 heterocycles. The van der Waals surface area contributed by atoms with Crippen LogP contribution in [0, 0.1) is 6.92 Å². The van der Waals surface area contributed by atoms with Crippen molar-refractivity contribution in [2.75, 3.05) is 5.32 Å². The van der Waals surface area contributed by atoms with E-state index in [0.29, 0.717) is 16.5 Å². The average Bonchev–Trinajstić information content (AvgIpc) is 2.91. The van der Waals surface area contributed by atoms with Gasteiger partial charge in [-0.25, -0.2) is 9.67 Å². The highest BCUT2D eigenvalue weighted by atomic mass is 35.5. The van der Waals surface area contributed by atoms with Crippen LogP contribution in [0.4, 0.5) is 5.69 Å². The zero-order valence-electron chi connectivity index (χ0n) is 11.7. The quantitative estimate of drug-likeness (QED) is 0.807. The Morgan fingerprint density at radius 3 is 2.68 bits per heavy atom. The van der Waals surface area contributed by atoms with Gasteiger partial charge in [-0.15, -0.1) is 5.10 Å². The summed E-state index contributed by atoms with van der Waals surface area (Å²) in [6.07, 6.45) is 3.19. The third-order valence-electron chi connectivity index (χ3n) is 2.96. The lowest BCUT2D eigenvalue weighted by molar-refractivity contribution is 0.101. The topological polar surface area (TPSA) is 72.7 Å². The first-order chi connectivity index (χ1) is 10.6. The Bertz CT molecular complexity index is 799. The van der Waals surface area contributed by atoms with Crippen LogP contribution in [0.2, 0.25) is 5.02 Å². The first-order valence-corrected chi connectivity index (χ1v) is 6.92. The number of anilines is 1. The van der Waals surface area contributed by atoms with Crippen LogP contribution in [0.15, 0.2) is 48.8 Å². The summed E-state index contributed by atoms with van der Waals surface area (Å²) in [6.45, 7) is 1.78. The summed E-state index contributed by atoms with van der Waals surface area (Å²) in [5, 5.41) is 7.57. The molecule has 0 spiro atoms. The van der Waals surface area contributed by atoms with Crippen LogP contribution in [0.1, 0.15) is 16.4 Å². The summed E-state index contributed by atoms with van der Waals surface area (Å²) in [5.74, 6) is 0.318. The molecule has 0 radical (unpaired) electrons. The maximum absolute atomic E-state index is 12.2. The fourth-order valence-electron chi connectivity index (χ4n) is 1.94. The molecule has 0 saturated carbocycles. The minimum Gasteiger partial charge on any atom is -0.318 e. The molecule has 0 saturated heterocycles. The number of benzene rings is 1. The maximum atomic E-state index is 12.2. The van der Waals surface area contributed by atoms with Gasteiger partial charge in [0.1, 0.15) is 5.82 Å². The van der Waals surface area contributed by atoms with Gasteiger partial charge in [-0.2, -0.15) is 0 Å². The van der Waals surface area contributed by atoms with Crippen LogP contribution in [0.5, 0.6) is 0 Å². The van der Waals surface area contributed by atoms with Gasteiger partial charge in [0.25, 0.3) is 5.91 Å². The Morgan fingerprint density at radius 2 is 2.00 bits per heavy atom. The van der Waals surface area contributed by atoms with Crippen molar-refractivity contribution in [3.63, 3.8) is 0 Å². The van der Waals surface area contributed by atoms with Crippen LogP contribution < -0.4 is 5.32 Å². The summed E-state index contributed by atoms with van der Waals surface area (Å²) in [6, 6.07) is 10.6. The van der Waals surface area contributed by atoms with Crippen LogP contribution in [-0.2, 0) is 0 Å². The number of carbonyl (C=O) groups excluding carboxylic acids is 1. The number of pyridine rings is 1. The number of aromatic nitrogens is 4. The predicted octanol–water partition coefficient (Wildman–Crippen LogP) is 2.88. The molecule has 1 aromatic carbocycles. The van der Waals surface area contributed by atoms with E-state index in [1.807, 2.05) is 12.1 Å². The minimum absolute atomic E-state index is 0.0938. The first kappa shape index (κ1) is 14.2. The number of aryl methyl sites for hydroxylation is 1. The molecule has 1 N–H and O–H groups in total. The lowest BCUT2D eigenvalue weighted by Gasteiger charge is -2.02. The molecule has 6 nitrogen and oxygen atoms in total. The molecular weight excluding hydrogens is 302 g/mol. The van der Waals surface area contributed by atoms with Crippen molar-refractivity contribution in [1.29, 1.82) is 0 Å². The third kappa shape index (κ3) is 2.96. The van der Waals surface area contributed by atoms with E-state index in [2.05, 4.69) is 20.4 Å². The molecule has 0 aliphatic carbocycles.